The van der Waals surface area contributed by atoms with Crippen LogP contribution in [0, 0.1) is 6.92 Å². The van der Waals surface area contributed by atoms with Crippen LogP contribution < -0.4 is 14.2 Å². The lowest BCUT2D eigenvalue weighted by Gasteiger charge is -2.31. The van der Waals surface area contributed by atoms with E-state index in [-0.39, 0.29) is 6.61 Å². The lowest BCUT2D eigenvalue weighted by atomic mass is 10.0. The molecule has 0 amide bonds. The summed E-state index contributed by atoms with van der Waals surface area (Å²) in [5, 5.41) is 10.8. The summed E-state index contributed by atoms with van der Waals surface area (Å²) >= 11 is 0. The molecule has 0 saturated heterocycles. The fourth-order valence-electron chi connectivity index (χ4n) is 3.04. The van der Waals surface area contributed by atoms with E-state index in [4.69, 9.17) is 14.2 Å². The number of benzene rings is 2. The first kappa shape index (κ1) is 17.4. The van der Waals surface area contributed by atoms with Gasteiger partial charge in [-0.05, 0) is 42.8 Å². The molecule has 3 aromatic rings. The van der Waals surface area contributed by atoms with E-state index in [1.165, 1.54) is 0 Å². The van der Waals surface area contributed by atoms with E-state index in [1.807, 2.05) is 67.6 Å². The van der Waals surface area contributed by atoms with Gasteiger partial charge in [-0.3, -0.25) is 4.98 Å². The van der Waals surface area contributed by atoms with Crippen LogP contribution in [0.15, 0.2) is 66.9 Å². The molecular weight excluding hydrogens is 342 g/mol. The van der Waals surface area contributed by atoms with Crippen LogP contribution in [0.5, 0.6) is 17.2 Å². The Hall–Kier alpha value is -3.05. The molecule has 0 radical (unpaired) electrons. The van der Waals surface area contributed by atoms with Gasteiger partial charge in [-0.15, -0.1) is 0 Å². The Morgan fingerprint density at radius 2 is 1.96 bits per heavy atom. The Bertz CT molecular complexity index is 913. The molecule has 5 nitrogen and oxygen atoms in total. The van der Waals surface area contributed by atoms with Crippen molar-refractivity contribution in [1.29, 1.82) is 0 Å². The van der Waals surface area contributed by atoms with Gasteiger partial charge >= 0.3 is 0 Å². The average Bonchev–Trinajstić information content (AvgIpc) is 2.71. The maximum absolute atomic E-state index is 10.8. The molecule has 0 spiro atoms. The second-order valence-electron chi connectivity index (χ2n) is 6.47. The third kappa shape index (κ3) is 3.88. The number of rotatable bonds is 5. The predicted octanol–water partition coefficient (Wildman–Crippen LogP) is 3.84. The van der Waals surface area contributed by atoms with E-state index in [0.29, 0.717) is 29.4 Å². The van der Waals surface area contributed by atoms with Crippen LogP contribution >= 0.6 is 0 Å². The van der Waals surface area contributed by atoms with Crippen LogP contribution in [0.2, 0.25) is 0 Å². The number of pyridine rings is 1. The summed E-state index contributed by atoms with van der Waals surface area (Å²) in [6, 6.07) is 19.1. The van der Waals surface area contributed by atoms with E-state index in [1.54, 1.807) is 6.20 Å². The molecule has 1 aromatic heterocycles. The fourth-order valence-corrected chi connectivity index (χ4v) is 3.04. The first-order valence-corrected chi connectivity index (χ1v) is 8.90. The van der Waals surface area contributed by atoms with Crippen LogP contribution in [0.25, 0.3) is 0 Å². The zero-order chi connectivity index (χ0) is 18.6. The monoisotopic (exact) mass is 363 g/mol. The number of aromatic nitrogens is 1. The van der Waals surface area contributed by atoms with E-state index in [2.05, 4.69) is 4.98 Å². The molecular formula is C22H21NO4. The number of ether oxygens (including phenoxy) is 3. The summed E-state index contributed by atoms with van der Waals surface area (Å²) in [4.78, 5) is 4.21. The highest BCUT2D eigenvalue weighted by atomic mass is 16.5. The number of aliphatic hydroxyl groups is 1. The van der Waals surface area contributed by atoms with Crippen molar-refractivity contribution in [3.05, 3.63) is 83.7 Å². The van der Waals surface area contributed by atoms with E-state index < -0.39 is 12.2 Å². The summed E-state index contributed by atoms with van der Waals surface area (Å²) in [6.45, 7) is 2.60. The highest BCUT2D eigenvalue weighted by molar-refractivity contribution is 5.43. The number of fused-ring (bicyclic) bond motifs is 1. The molecule has 4 rings (SSSR count). The Kier molecular flexibility index (Phi) is 4.94. The van der Waals surface area contributed by atoms with Crippen LogP contribution in [0.1, 0.15) is 22.9 Å². The van der Waals surface area contributed by atoms with Gasteiger partial charge in [0.2, 0.25) is 0 Å². The van der Waals surface area contributed by atoms with Crippen LogP contribution in [0.3, 0.4) is 0 Å². The predicted molar refractivity (Wildman–Crippen MR) is 101 cm³/mol. The lowest BCUT2D eigenvalue weighted by molar-refractivity contribution is -0.0109. The fraction of sp³-hybridized carbons (Fsp3) is 0.227. The van der Waals surface area contributed by atoms with Crippen molar-refractivity contribution in [2.24, 2.45) is 0 Å². The van der Waals surface area contributed by atoms with E-state index in [0.717, 1.165) is 11.3 Å². The molecule has 1 N–H and O–H groups in total. The average molecular weight is 363 g/mol. The van der Waals surface area contributed by atoms with Crippen LogP contribution in [-0.4, -0.2) is 22.8 Å². The summed E-state index contributed by atoms with van der Waals surface area (Å²) in [5.74, 6) is 1.97. The molecule has 0 bridgehead atoms. The molecule has 27 heavy (non-hydrogen) atoms. The molecule has 0 fully saturated rings. The number of aliphatic hydroxyl groups excluding tert-OH is 1. The van der Waals surface area contributed by atoms with Crippen molar-refractivity contribution in [3.8, 4) is 17.2 Å². The van der Waals surface area contributed by atoms with Gasteiger partial charge in [-0.1, -0.05) is 30.3 Å². The summed E-state index contributed by atoms with van der Waals surface area (Å²) in [6.07, 6.45) is 0.389. The van der Waals surface area contributed by atoms with Gasteiger partial charge in [0.25, 0.3) is 0 Å². The summed E-state index contributed by atoms with van der Waals surface area (Å²) < 4.78 is 17.6. The molecule has 5 heteroatoms. The van der Waals surface area contributed by atoms with Gasteiger partial charge in [-0.2, -0.15) is 0 Å². The Labute approximate surface area is 158 Å². The number of aryl methyl sites for hydroxylation is 1. The zero-order valence-corrected chi connectivity index (χ0v) is 15.0. The second kappa shape index (κ2) is 7.68. The number of hydrogen-bond acceptors (Lipinski definition) is 5. The molecule has 0 aliphatic carbocycles. The normalized spacial score (nSPS) is 18.3. The molecule has 138 valence electrons. The zero-order valence-electron chi connectivity index (χ0n) is 15.0. The van der Waals surface area contributed by atoms with Gasteiger partial charge in [0.05, 0.1) is 5.69 Å². The summed E-state index contributed by atoms with van der Waals surface area (Å²) in [7, 11) is 0. The smallest absolute Gasteiger partial charge is 0.163 e. The topological polar surface area (TPSA) is 60.8 Å². The highest BCUT2D eigenvalue weighted by Gasteiger charge is 2.32. The SMILES string of the molecule is Cc1ncccc1O[C@@H]1COc2ccc(OCc3ccccc3)cc2[C@@H]1O. The highest BCUT2D eigenvalue weighted by Crippen LogP contribution is 2.36. The van der Waals surface area contributed by atoms with Crippen LogP contribution in [0.4, 0.5) is 0 Å². The van der Waals surface area contributed by atoms with Gasteiger partial charge in [-0.25, -0.2) is 0 Å². The maximum atomic E-state index is 10.8. The first-order valence-electron chi connectivity index (χ1n) is 8.90. The quantitative estimate of drug-likeness (QED) is 0.746. The Morgan fingerprint density at radius 3 is 2.78 bits per heavy atom. The van der Waals surface area contributed by atoms with Crippen molar-refractivity contribution < 1.29 is 19.3 Å². The third-order valence-corrected chi connectivity index (χ3v) is 4.54. The molecule has 0 saturated carbocycles. The molecule has 1 aliphatic rings. The van der Waals surface area contributed by atoms with Crippen molar-refractivity contribution in [2.45, 2.75) is 25.7 Å². The largest absolute Gasteiger partial charge is 0.489 e. The summed E-state index contributed by atoms with van der Waals surface area (Å²) in [5.41, 5.74) is 2.52. The van der Waals surface area contributed by atoms with Crippen LogP contribution in [-0.2, 0) is 6.61 Å². The number of hydrogen-bond donors (Lipinski definition) is 1. The standard InChI is InChI=1S/C22H21NO4/c1-15-19(8-5-11-23-15)27-21-14-26-20-10-9-17(12-18(20)22(21)24)25-13-16-6-3-2-4-7-16/h2-12,21-22,24H,13-14H2,1H3/t21-,22+/m1/s1. The van der Waals surface area contributed by atoms with Gasteiger partial charge in [0, 0.05) is 11.8 Å². The van der Waals surface area contributed by atoms with Gasteiger partial charge in [0.1, 0.15) is 36.6 Å². The van der Waals surface area contributed by atoms with E-state index in [9.17, 15) is 5.11 Å². The second-order valence-corrected chi connectivity index (χ2v) is 6.47. The maximum Gasteiger partial charge on any atom is 0.163 e. The minimum absolute atomic E-state index is 0.271. The molecule has 2 atom stereocenters. The minimum atomic E-state index is -0.811. The van der Waals surface area contributed by atoms with Crippen molar-refractivity contribution in [2.75, 3.05) is 6.61 Å². The molecule has 2 aromatic carbocycles. The molecule has 2 heterocycles. The van der Waals surface area contributed by atoms with Gasteiger partial charge < -0.3 is 19.3 Å². The van der Waals surface area contributed by atoms with Gasteiger partial charge in [0.15, 0.2) is 6.10 Å². The lowest BCUT2D eigenvalue weighted by Crippen LogP contribution is -2.35. The van der Waals surface area contributed by atoms with Crippen molar-refractivity contribution >= 4 is 0 Å². The molecule has 1 aliphatic heterocycles. The Balaban J connectivity index is 1.49. The minimum Gasteiger partial charge on any atom is -0.489 e. The third-order valence-electron chi connectivity index (χ3n) is 4.54. The Morgan fingerprint density at radius 1 is 1.11 bits per heavy atom. The van der Waals surface area contributed by atoms with E-state index >= 15 is 0 Å². The van der Waals surface area contributed by atoms with Crippen molar-refractivity contribution in [1.82, 2.24) is 4.98 Å². The first-order chi connectivity index (χ1) is 13.2. The number of nitrogens with zero attached hydrogens (tertiary/aromatic N) is 1. The van der Waals surface area contributed by atoms with Crippen molar-refractivity contribution in [3.63, 3.8) is 0 Å². The molecule has 0 unspecified atom stereocenters.